The Balaban J connectivity index is 1.69. The van der Waals surface area contributed by atoms with Crippen LogP contribution >= 0.6 is 15.9 Å². The summed E-state index contributed by atoms with van der Waals surface area (Å²) in [7, 11) is 1.84. The number of halogens is 1. The molecular weight excluding hydrogens is 404 g/mol. The summed E-state index contributed by atoms with van der Waals surface area (Å²) < 4.78 is 3.24. The number of nitrogens with zero attached hydrogens (tertiary/aromatic N) is 4. The minimum absolute atomic E-state index is 0.0123. The van der Waals surface area contributed by atoms with Gasteiger partial charge in [0.15, 0.2) is 5.65 Å². The Bertz CT molecular complexity index is 994. The summed E-state index contributed by atoms with van der Waals surface area (Å²) in [5, 5.41) is 0. The number of benzene rings is 1. The molecule has 0 N–H and O–H groups in total. The van der Waals surface area contributed by atoms with E-state index in [4.69, 9.17) is 9.97 Å². The zero-order chi connectivity index (χ0) is 19.0. The van der Waals surface area contributed by atoms with Gasteiger partial charge in [-0.05, 0) is 43.5 Å². The Hall–Kier alpha value is -2.21. The van der Waals surface area contributed by atoms with Gasteiger partial charge in [0.25, 0.3) is 5.91 Å². The predicted octanol–water partition coefficient (Wildman–Crippen LogP) is 4.50. The molecule has 0 saturated heterocycles. The lowest BCUT2D eigenvalue weighted by Crippen LogP contribution is -2.26. The molecule has 1 aliphatic heterocycles. The van der Waals surface area contributed by atoms with Crippen LogP contribution in [-0.4, -0.2) is 32.4 Å². The Morgan fingerprint density at radius 1 is 1.19 bits per heavy atom. The second kappa shape index (κ2) is 7.43. The average Bonchev–Trinajstić information content (AvgIpc) is 2.84. The maximum absolute atomic E-state index is 13.2. The summed E-state index contributed by atoms with van der Waals surface area (Å²) in [5.74, 6) is 1.05. The molecule has 27 heavy (non-hydrogen) atoms. The Kier molecular flexibility index (Phi) is 5.00. The monoisotopic (exact) mass is 426 g/mol. The van der Waals surface area contributed by atoms with E-state index < -0.39 is 0 Å². The number of hydrogen-bond acceptors (Lipinski definition) is 3. The predicted molar refractivity (Wildman–Crippen MR) is 110 cm³/mol. The van der Waals surface area contributed by atoms with Gasteiger partial charge in [-0.3, -0.25) is 4.79 Å². The largest absolute Gasteiger partial charge is 0.337 e. The van der Waals surface area contributed by atoms with Crippen LogP contribution < -0.4 is 0 Å². The second-order valence-electron chi connectivity index (χ2n) is 7.26. The van der Waals surface area contributed by atoms with Gasteiger partial charge in [-0.15, -0.1) is 0 Å². The summed E-state index contributed by atoms with van der Waals surface area (Å²) in [6, 6.07) is 9.92. The van der Waals surface area contributed by atoms with Crippen LogP contribution in [0.4, 0.5) is 0 Å². The Morgan fingerprint density at radius 2 is 1.96 bits per heavy atom. The topological polar surface area (TPSA) is 51.0 Å². The van der Waals surface area contributed by atoms with Gasteiger partial charge in [0, 0.05) is 36.7 Å². The van der Waals surface area contributed by atoms with Crippen LogP contribution in [0.1, 0.15) is 46.7 Å². The van der Waals surface area contributed by atoms with Crippen LogP contribution in [0.2, 0.25) is 0 Å². The molecule has 1 aliphatic rings. The molecular formula is C21H23BrN4O. The van der Waals surface area contributed by atoms with E-state index in [9.17, 15) is 4.79 Å². The summed E-state index contributed by atoms with van der Waals surface area (Å²) in [5.41, 5.74) is 4.20. The summed E-state index contributed by atoms with van der Waals surface area (Å²) in [6.07, 6.45) is 4.46. The number of hydrogen-bond donors (Lipinski definition) is 0. The van der Waals surface area contributed by atoms with E-state index in [1.807, 2.05) is 44.3 Å². The van der Waals surface area contributed by atoms with Crippen molar-refractivity contribution in [1.29, 1.82) is 0 Å². The maximum Gasteiger partial charge on any atom is 0.256 e. The maximum atomic E-state index is 13.2. The first-order chi connectivity index (χ1) is 13.0. The quantitative estimate of drug-likeness (QED) is 0.619. The summed E-state index contributed by atoms with van der Waals surface area (Å²) >= 11 is 3.45. The zero-order valence-electron chi connectivity index (χ0n) is 15.7. The van der Waals surface area contributed by atoms with Crippen molar-refractivity contribution in [2.24, 2.45) is 0 Å². The molecule has 0 radical (unpaired) electrons. The molecule has 2 aromatic heterocycles. The summed E-state index contributed by atoms with van der Waals surface area (Å²) in [6.45, 7) is 3.44. The van der Waals surface area contributed by atoms with Crippen molar-refractivity contribution in [3.05, 3.63) is 57.4 Å². The number of imidazole rings is 1. The number of aromatic nitrogens is 3. The van der Waals surface area contributed by atoms with Crippen molar-refractivity contribution in [1.82, 2.24) is 19.4 Å². The normalized spacial score (nSPS) is 14.0. The number of amides is 1. The third-order valence-electron chi connectivity index (χ3n) is 5.10. The summed E-state index contributed by atoms with van der Waals surface area (Å²) in [4.78, 5) is 24.5. The van der Waals surface area contributed by atoms with Crippen LogP contribution in [-0.2, 0) is 19.5 Å². The highest BCUT2D eigenvalue weighted by Crippen LogP contribution is 2.25. The van der Waals surface area contributed by atoms with Gasteiger partial charge in [0.05, 0.1) is 5.56 Å². The number of aryl methyl sites for hydroxylation is 3. The van der Waals surface area contributed by atoms with E-state index >= 15 is 0 Å². The van der Waals surface area contributed by atoms with Gasteiger partial charge in [0.1, 0.15) is 11.3 Å². The third kappa shape index (κ3) is 3.63. The van der Waals surface area contributed by atoms with E-state index in [1.54, 1.807) is 4.90 Å². The van der Waals surface area contributed by atoms with E-state index in [2.05, 4.69) is 20.5 Å². The molecule has 5 nitrogen and oxygen atoms in total. The highest BCUT2D eigenvalue weighted by atomic mass is 79.9. The minimum atomic E-state index is -0.0123. The van der Waals surface area contributed by atoms with Crippen LogP contribution in [0.15, 0.2) is 34.8 Å². The Morgan fingerprint density at radius 3 is 2.74 bits per heavy atom. The lowest BCUT2D eigenvalue weighted by molar-refractivity contribution is 0.0786. The molecule has 0 aliphatic carbocycles. The van der Waals surface area contributed by atoms with Gasteiger partial charge in [-0.25, -0.2) is 9.97 Å². The first-order valence-corrected chi connectivity index (χ1v) is 10.2. The van der Waals surface area contributed by atoms with Gasteiger partial charge in [-0.2, -0.15) is 0 Å². The Labute approximate surface area is 167 Å². The van der Waals surface area contributed by atoms with Crippen LogP contribution in [0.5, 0.6) is 0 Å². The van der Waals surface area contributed by atoms with Gasteiger partial charge in [-0.1, -0.05) is 34.5 Å². The van der Waals surface area contributed by atoms with Gasteiger partial charge >= 0.3 is 0 Å². The fourth-order valence-electron chi connectivity index (χ4n) is 3.72. The molecule has 3 aromatic rings. The first kappa shape index (κ1) is 18.2. The van der Waals surface area contributed by atoms with E-state index in [-0.39, 0.29) is 5.91 Å². The van der Waals surface area contributed by atoms with E-state index in [1.165, 1.54) is 6.42 Å². The van der Waals surface area contributed by atoms with Crippen molar-refractivity contribution >= 4 is 33.0 Å². The highest BCUT2D eigenvalue weighted by molar-refractivity contribution is 9.10. The minimum Gasteiger partial charge on any atom is -0.337 e. The van der Waals surface area contributed by atoms with Crippen LogP contribution in [0.25, 0.3) is 11.2 Å². The van der Waals surface area contributed by atoms with Crippen molar-refractivity contribution in [2.75, 3.05) is 7.05 Å². The molecule has 0 spiro atoms. The highest BCUT2D eigenvalue weighted by Gasteiger charge is 2.22. The average molecular weight is 427 g/mol. The molecule has 1 amide bonds. The molecule has 1 aromatic carbocycles. The molecule has 140 valence electrons. The smallest absolute Gasteiger partial charge is 0.256 e. The van der Waals surface area contributed by atoms with Crippen molar-refractivity contribution in [2.45, 2.75) is 45.7 Å². The number of pyridine rings is 1. The third-order valence-corrected chi connectivity index (χ3v) is 5.63. The molecule has 0 atom stereocenters. The van der Waals surface area contributed by atoms with Crippen molar-refractivity contribution < 1.29 is 4.79 Å². The number of carbonyl (C=O) groups excluding carboxylic acids is 1. The van der Waals surface area contributed by atoms with Crippen LogP contribution in [0, 0.1) is 6.92 Å². The fourth-order valence-corrected chi connectivity index (χ4v) is 3.98. The lowest BCUT2D eigenvalue weighted by atomic mass is 10.1. The first-order valence-electron chi connectivity index (χ1n) is 9.39. The molecule has 4 rings (SSSR count). The van der Waals surface area contributed by atoms with E-state index in [0.717, 1.165) is 58.5 Å². The molecule has 0 saturated carbocycles. The van der Waals surface area contributed by atoms with Gasteiger partial charge < -0.3 is 9.47 Å². The molecule has 0 bridgehead atoms. The van der Waals surface area contributed by atoms with Crippen molar-refractivity contribution in [3.63, 3.8) is 0 Å². The van der Waals surface area contributed by atoms with Crippen LogP contribution in [0.3, 0.4) is 0 Å². The van der Waals surface area contributed by atoms with E-state index in [0.29, 0.717) is 12.1 Å². The SMILES string of the molecule is Cc1cc(C(=O)N(C)Cc2ccc(Br)cc2)c2nc3n(c2n1)CCCCC3. The lowest BCUT2D eigenvalue weighted by Gasteiger charge is -2.18. The number of fused-ring (bicyclic) bond motifs is 3. The number of carbonyl (C=O) groups is 1. The van der Waals surface area contributed by atoms with Crippen molar-refractivity contribution in [3.8, 4) is 0 Å². The fraction of sp³-hybridized carbons (Fsp3) is 0.381. The standard InChI is InChI=1S/C21H23BrN4O/c1-14-12-17(21(27)25(2)13-15-7-9-16(22)10-8-15)19-20(23-14)26-11-5-3-4-6-18(26)24-19/h7-10,12H,3-6,11,13H2,1-2H3. The molecule has 0 fully saturated rings. The second-order valence-corrected chi connectivity index (χ2v) is 8.18. The zero-order valence-corrected chi connectivity index (χ0v) is 17.3. The molecule has 6 heteroatoms. The molecule has 0 unspecified atom stereocenters. The van der Waals surface area contributed by atoms with Gasteiger partial charge in [0.2, 0.25) is 0 Å². The number of rotatable bonds is 3. The molecule has 3 heterocycles.